The molecule has 0 aliphatic heterocycles. The number of hydrogen-bond acceptors (Lipinski definition) is 1. The summed E-state index contributed by atoms with van der Waals surface area (Å²) in [6.07, 6.45) is 10.9. The average Bonchev–Trinajstić information content (AvgIpc) is 2.90. The van der Waals surface area contributed by atoms with Crippen molar-refractivity contribution in [2.75, 3.05) is 0 Å². The molecule has 1 aromatic heterocycles. The van der Waals surface area contributed by atoms with Gasteiger partial charge >= 0.3 is 0 Å². The van der Waals surface area contributed by atoms with Gasteiger partial charge in [0.1, 0.15) is 0 Å². The Bertz CT molecular complexity index is 441. The van der Waals surface area contributed by atoms with Gasteiger partial charge < -0.3 is 4.57 Å². The Morgan fingerprint density at radius 1 is 0.909 bits per heavy atom. The smallest absolute Gasteiger partial charge is 0.0952 e. The van der Waals surface area contributed by atoms with Crippen LogP contribution in [0.15, 0.2) is 6.33 Å². The van der Waals surface area contributed by atoms with E-state index in [1.54, 1.807) is 0 Å². The first-order chi connectivity index (χ1) is 10.3. The number of hydrogen-bond donors (Lipinski definition) is 0. The molecule has 0 saturated heterocycles. The first-order valence-electron chi connectivity index (χ1n) is 9.36. The van der Waals surface area contributed by atoms with E-state index in [4.69, 9.17) is 4.98 Å². The van der Waals surface area contributed by atoms with Gasteiger partial charge in [-0.2, -0.15) is 0 Å². The summed E-state index contributed by atoms with van der Waals surface area (Å²) < 4.78 is 2.45. The molecular formula is C20H38N2. The second-order valence-electron chi connectivity index (χ2n) is 8.07. The van der Waals surface area contributed by atoms with Gasteiger partial charge in [-0.1, -0.05) is 74.1 Å². The van der Waals surface area contributed by atoms with Crippen molar-refractivity contribution < 1.29 is 0 Å². The van der Waals surface area contributed by atoms with Gasteiger partial charge in [0.25, 0.3) is 0 Å². The molecule has 0 saturated carbocycles. The number of nitrogens with zero attached hydrogens (tertiary/aromatic N) is 2. The Morgan fingerprint density at radius 2 is 1.55 bits per heavy atom. The van der Waals surface area contributed by atoms with Gasteiger partial charge in [0.15, 0.2) is 0 Å². The van der Waals surface area contributed by atoms with Crippen LogP contribution in [0.5, 0.6) is 0 Å². The zero-order valence-electron chi connectivity index (χ0n) is 16.1. The Labute approximate surface area is 138 Å². The zero-order valence-corrected chi connectivity index (χ0v) is 16.1. The highest BCUT2D eigenvalue weighted by atomic mass is 15.1. The van der Waals surface area contributed by atoms with E-state index in [1.807, 2.05) is 0 Å². The van der Waals surface area contributed by atoms with Crippen molar-refractivity contribution >= 4 is 0 Å². The van der Waals surface area contributed by atoms with Crippen LogP contribution in [0.3, 0.4) is 0 Å². The van der Waals surface area contributed by atoms with Crippen LogP contribution in [0, 0.1) is 0 Å². The molecule has 2 nitrogen and oxygen atoms in total. The van der Waals surface area contributed by atoms with Gasteiger partial charge in [0, 0.05) is 23.1 Å². The minimum Gasteiger partial charge on any atom is -0.334 e. The molecule has 128 valence electrons. The van der Waals surface area contributed by atoms with E-state index in [0.717, 1.165) is 13.0 Å². The summed E-state index contributed by atoms with van der Waals surface area (Å²) in [5.41, 5.74) is 3.19. The van der Waals surface area contributed by atoms with Gasteiger partial charge in [-0.15, -0.1) is 0 Å². The predicted octanol–water partition coefficient (Wildman–Crippen LogP) is 6.23. The molecule has 0 aliphatic rings. The van der Waals surface area contributed by atoms with Gasteiger partial charge in [-0.3, -0.25) is 0 Å². The van der Waals surface area contributed by atoms with E-state index in [0.29, 0.717) is 0 Å². The van der Waals surface area contributed by atoms with E-state index in [-0.39, 0.29) is 10.8 Å². The van der Waals surface area contributed by atoms with E-state index in [1.165, 1.54) is 49.9 Å². The van der Waals surface area contributed by atoms with Crippen molar-refractivity contribution in [1.29, 1.82) is 0 Å². The zero-order chi connectivity index (χ0) is 16.8. The van der Waals surface area contributed by atoms with E-state index in [2.05, 4.69) is 59.4 Å². The maximum Gasteiger partial charge on any atom is 0.0952 e. The average molecular weight is 307 g/mol. The third-order valence-electron chi connectivity index (χ3n) is 5.16. The van der Waals surface area contributed by atoms with E-state index >= 15 is 0 Å². The van der Waals surface area contributed by atoms with Gasteiger partial charge in [0.2, 0.25) is 0 Å². The van der Waals surface area contributed by atoms with Crippen LogP contribution in [0.25, 0.3) is 0 Å². The van der Waals surface area contributed by atoms with Crippen molar-refractivity contribution in [3.8, 4) is 0 Å². The maximum absolute atomic E-state index is 4.87. The lowest BCUT2D eigenvalue weighted by molar-refractivity contribution is 0.393. The first kappa shape index (κ1) is 19.3. The second-order valence-corrected chi connectivity index (χ2v) is 8.07. The highest BCUT2D eigenvalue weighted by molar-refractivity contribution is 5.28. The molecule has 2 heteroatoms. The standard InChI is InChI=1S/C20H38N2/c1-8-11-13-14-20(6,7)18-17(19(4,5)10-3)21-16-22(18)15-12-9-2/h16H,8-15H2,1-7H3. The molecule has 1 aromatic rings. The summed E-state index contributed by atoms with van der Waals surface area (Å²) in [5.74, 6) is 0. The summed E-state index contributed by atoms with van der Waals surface area (Å²) in [7, 11) is 0. The highest BCUT2D eigenvalue weighted by Crippen LogP contribution is 2.38. The van der Waals surface area contributed by atoms with Crippen LogP contribution >= 0.6 is 0 Å². The largest absolute Gasteiger partial charge is 0.334 e. The number of imidazole rings is 1. The molecule has 22 heavy (non-hydrogen) atoms. The Morgan fingerprint density at radius 3 is 2.09 bits per heavy atom. The summed E-state index contributed by atoms with van der Waals surface area (Å²) in [5, 5.41) is 0. The van der Waals surface area contributed by atoms with Crippen LogP contribution in [0.2, 0.25) is 0 Å². The van der Waals surface area contributed by atoms with Crippen molar-refractivity contribution in [2.45, 2.75) is 111 Å². The van der Waals surface area contributed by atoms with Crippen LogP contribution in [-0.2, 0) is 17.4 Å². The Kier molecular flexibility index (Phi) is 7.15. The summed E-state index contributed by atoms with van der Waals surface area (Å²) >= 11 is 0. The fraction of sp³-hybridized carbons (Fsp3) is 0.850. The van der Waals surface area contributed by atoms with E-state index in [9.17, 15) is 0 Å². The van der Waals surface area contributed by atoms with Crippen molar-refractivity contribution in [3.63, 3.8) is 0 Å². The molecule has 0 spiro atoms. The SMILES string of the molecule is CCCCCC(C)(C)c1c(C(C)(C)CC)ncn1CCCC. The van der Waals surface area contributed by atoms with Crippen molar-refractivity contribution in [3.05, 3.63) is 17.7 Å². The lowest BCUT2D eigenvalue weighted by atomic mass is 9.76. The fourth-order valence-electron chi connectivity index (χ4n) is 3.19. The van der Waals surface area contributed by atoms with Crippen molar-refractivity contribution in [2.24, 2.45) is 0 Å². The van der Waals surface area contributed by atoms with Crippen LogP contribution in [0.4, 0.5) is 0 Å². The molecule has 0 fully saturated rings. The lowest BCUT2D eigenvalue weighted by Gasteiger charge is -2.32. The highest BCUT2D eigenvalue weighted by Gasteiger charge is 2.34. The first-order valence-corrected chi connectivity index (χ1v) is 9.36. The number of rotatable bonds is 10. The minimum absolute atomic E-state index is 0.162. The number of aryl methyl sites for hydroxylation is 1. The topological polar surface area (TPSA) is 17.8 Å². The maximum atomic E-state index is 4.87. The normalized spacial score (nSPS) is 12.9. The molecule has 0 unspecified atom stereocenters. The fourth-order valence-corrected chi connectivity index (χ4v) is 3.19. The molecule has 0 N–H and O–H groups in total. The summed E-state index contributed by atoms with van der Waals surface area (Å²) in [6.45, 7) is 17.4. The third-order valence-corrected chi connectivity index (χ3v) is 5.16. The molecule has 0 radical (unpaired) electrons. The van der Waals surface area contributed by atoms with Gasteiger partial charge in [0.05, 0.1) is 12.0 Å². The summed E-state index contributed by atoms with van der Waals surface area (Å²) in [6, 6.07) is 0. The third kappa shape index (κ3) is 4.60. The number of unbranched alkanes of at least 4 members (excludes halogenated alkanes) is 3. The molecule has 1 rings (SSSR count). The second kappa shape index (κ2) is 8.17. The molecule has 1 heterocycles. The molecule has 0 amide bonds. The monoisotopic (exact) mass is 306 g/mol. The van der Waals surface area contributed by atoms with Crippen LogP contribution in [-0.4, -0.2) is 9.55 Å². The molecule has 0 atom stereocenters. The Hall–Kier alpha value is -0.790. The molecule has 0 bridgehead atoms. The molecule has 0 aromatic carbocycles. The molecule has 0 aliphatic carbocycles. The minimum atomic E-state index is 0.162. The van der Waals surface area contributed by atoms with Crippen molar-refractivity contribution in [1.82, 2.24) is 9.55 Å². The van der Waals surface area contributed by atoms with Gasteiger partial charge in [-0.05, 0) is 19.3 Å². The molecular weight excluding hydrogens is 268 g/mol. The Balaban J connectivity index is 3.18. The lowest BCUT2D eigenvalue weighted by Crippen LogP contribution is -2.28. The van der Waals surface area contributed by atoms with Gasteiger partial charge in [-0.25, -0.2) is 4.98 Å². The predicted molar refractivity (Wildman–Crippen MR) is 97.6 cm³/mol. The summed E-state index contributed by atoms with van der Waals surface area (Å²) in [4.78, 5) is 4.87. The quantitative estimate of drug-likeness (QED) is 0.469. The van der Waals surface area contributed by atoms with Crippen LogP contribution in [0.1, 0.15) is 105 Å². The van der Waals surface area contributed by atoms with E-state index < -0.39 is 0 Å². The van der Waals surface area contributed by atoms with Crippen LogP contribution < -0.4 is 0 Å². The number of aromatic nitrogens is 2.